The van der Waals surface area contributed by atoms with Crippen molar-refractivity contribution in [3.05, 3.63) is 24.3 Å². The van der Waals surface area contributed by atoms with Gasteiger partial charge < -0.3 is 20.1 Å². The van der Waals surface area contributed by atoms with Crippen LogP contribution in [-0.2, 0) is 14.4 Å². The van der Waals surface area contributed by atoms with Crippen LogP contribution in [0, 0.1) is 0 Å². The van der Waals surface area contributed by atoms with Crippen molar-refractivity contribution in [3.63, 3.8) is 0 Å². The van der Waals surface area contributed by atoms with E-state index < -0.39 is 5.97 Å². The summed E-state index contributed by atoms with van der Waals surface area (Å²) in [5, 5.41) is 11.0. The molecule has 0 aromatic heterocycles. The van der Waals surface area contributed by atoms with Crippen LogP contribution < -0.4 is 15.0 Å². The first-order valence-corrected chi connectivity index (χ1v) is 6.58. The minimum atomic E-state index is -0.965. The molecular formula is C14H16N2O5. The summed E-state index contributed by atoms with van der Waals surface area (Å²) in [7, 11) is 0. The molecule has 0 unspecified atom stereocenters. The Bertz CT molecular complexity index is 558. The maximum Gasteiger partial charge on any atom is 0.305 e. The quantitative estimate of drug-likeness (QED) is 0.791. The van der Waals surface area contributed by atoms with Crippen molar-refractivity contribution in [2.45, 2.75) is 12.8 Å². The zero-order valence-corrected chi connectivity index (χ0v) is 11.4. The summed E-state index contributed by atoms with van der Waals surface area (Å²) in [4.78, 5) is 35.3. The number of benzene rings is 1. The molecule has 7 heteroatoms. The minimum Gasteiger partial charge on any atom is -0.482 e. The molecule has 21 heavy (non-hydrogen) atoms. The third-order valence-corrected chi connectivity index (χ3v) is 3.03. The van der Waals surface area contributed by atoms with Crippen LogP contribution in [0.3, 0.4) is 0 Å². The van der Waals surface area contributed by atoms with Gasteiger partial charge in [0.2, 0.25) is 5.91 Å². The number of rotatable bonds is 6. The highest BCUT2D eigenvalue weighted by molar-refractivity contribution is 5.98. The average Bonchev–Trinajstić information content (AvgIpc) is 2.46. The summed E-state index contributed by atoms with van der Waals surface area (Å²) in [6, 6.07) is 7.13. The molecule has 2 amide bonds. The predicted octanol–water partition coefficient (Wildman–Crippen LogP) is 0.393. The summed E-state index contributed by atoms with van der Waals surface area (Å²) in [5.41, 5.74) is 0.645. The topological polar surface area (TPSA) is 95.9 Å². The molecule has 2 N–H and O–H groups in total. The van der Waals surface area contributed by atoms with E-state index in [1.165, 1.54) is 4.90 Å². The zero-order chi connectivity index (χ0) is 15.2. The molecule has 0 spiro atoms. The second kappa shape index (κ2) is 6.74. The highest BCUT2D eigenvalue weighted by Crippen LogP contribution is 2.31. The molecule has 2 rings (SSSR count). The molecule has 1 aliphatic rings. The van der Waals surface area contributed by atoms with E-state index in [-0.39, 0.29) is 44.4 Å². The van der Waals surface area contributed by atoms with Gasteiger partial charge in [-0.1, -0.05) is 12.1 Å². The molecule has 0 saturated heterocycles. The van der Waals surface area contributed by atoms with Gasteiger partial charge in [-0.3, -0.25) is 14.4 Å². The third kappa shape index (κ3) is 3.95. The smallest absolute Gasteiger partial charge is 0.305 e. The Morgan fingerprint density at radius 3 is 2.81 bits per heavy atom. The van der Waals surface area contributed by atoms with Crippen LogP contribution in [0.4, 0.5) is 5.69 Å². The van der Waals surface area contributed by atoms with Crippen molar-refractivity contribution in [2.75, 3.05) is 24.6 Å². The Labute approximate surface area is 121 Å². The number of para-hydroxylation sites is 2. The van der Waals surface area contributed by atoms with E-state index in [4.69, 9.17) is 9.84 Å². The van der Waals surface area contributed by atoms with Crippen LogP contribution in [-0.4, -0.2) is 42.6 Å². The number of nitrogens with one attached hydrogen (secondary N) is 1. The number of carboxylic acids is 1. The highest BCUT2D eigenvalue weighted by atomic mass is 16.5. The zero-order valence-electron chi connectivity index (χ0n) is 11.4. The second-order valence-corrected chi connectivity index (χ2v) is 4.55. The number of amides is 2. The van der Waals surface area contributed by atoms with Crippen LogP contribution in [0.5, 0.6) is 5.75 Å². The first-order chi connectivity index (χ1) is 10.1. The van der Waals surface area contributed by atoms with Gasteiger partial charge in [0.15, 0.2) is 6.61 Å². The van der Waals surface area contributed by atoms with Crippen LogP contribution in [0.1, 0.15) is 12.8 Å². The summed E-state index contributed by atoms with van der Waals surface area (Å²) in [6.07, 6.45) is -0.00918. The van der Waals surface area contributed by atoms with E-state index >= 15 is 0 Å². The number of carboxylic acid groups (broad SMARTS) is 1. The van der Waals surface area contributed by atoms with Crippen molar-refractivity contribution >= 4 is 23.5 Å². The van der Waals surface area contributed by atoms with E-state index in [0.29, 0.717) is 11.4 Å². The number of anilines is 1. The monoisotopic (exact) mass is 292 g/mol. The number of hydrogen-bond acceptors (Lipinski definition) is 4. The maximum atomic E-state index is 11.9. The van der Waals surface area contributed by atoms with Crippen molar-refractivity contribution in [2.24, 2.45) is 0 Å². The van der Waals surface area contributed by atoms with Crippen LogP contribution in [0.25, 0.3) is 0 Å². The van der Waals surface area contributed by atoms with Gasteiger partial charge in [-0.15, -0.1) is 0 Å². The largest absolute Gasteiger partial charge is 0.482 e. The van der Waals surface area contributed by atoms with E-state index in [0.717, 1.165) is 0 Å². The van der Waals surface area contributed by atoms with Gasteiger partial charge in [0.25, 0.3) is 5.91 Å². The van der Waals surface area contributed by atoms with Gasteiger partial charge >= 0.3 is 5.97 Å². The van der Waals surface area contributed by atoms with Gasteiger partial charge in [0.05, 0.1) is 12.1 Å². The maximum absolute atomic E-state index is 11.9. The van der Waals surface area contributed by atoms with Gasteiger partial charge in [-0.05, 0) is 12.1 Å². The van der Waals surface area contributed by atoms with Crippen LogP contribution >= 0.6 is 0 Å². The van der Waals surface area contributed by atoms with Crippen molar-refractivity contribution in [1.82, 2.24) is 5.32 Å². The van der Waals surface area contributed by atoms with E-state index in [1.54, 1.807) is 18.2 Å². The molecule has 1 aromatic carbocycles. The predicted molar refractivity (Wildman–Crippen MR) is 74.2 cm³/mol. The standard InChI is InChI=1S/C14H16N2O5/c17-12(15-7-5-14(19)20)6-8-16-10-3-1-2-4-11(10)21-9-13(16)18/h1-4H,5-9H2,(H,15,17)(H,19,20). The SMILES string of the molecule is O=C(O)CCNC(=O)CCN1C(=O)COc2ccccc21. The van der Waals surface area contributed by atoms with Crippen molar-refractivity contribution < 1.29 is 24.2 Å². The fourth-order valence-electron chi connectivity index (χ4n) is 2.01. The Balaban J connectivity index is 1.89. The number of aliphatic carboxylic acids is 1. The van der Waals surface area contributed by atoms with Gasteiger partial charge in [0.1, 0.15) is 5.75 Å². The second-order valence-electron chi connectivity index (χ2n) is 4.55. The molecule has 112 valence electrons. The lowest BCUT2D eigenvalue weighted by atomic mass is 10.2. The summed E-state index contributed by atoms with van der Waals surface area (Å²) < 4.78 is 5.31. The lowest BCUT2D eigenvalue weighted by Crippen LogP contribution is -2.41. The molecular weight excluding hydrogens is 276 g/mol. The molecule has 0 atom stereocenters. The average molecular weight is 292 g/mol. The van der Waals surface area contributed by atoms with E-state index in [2.05, 4.69) is 5.32 Å². The minimum absolute atomic E-state index is 0.0440. The molecule has 0 saturated carbocycles. The van der Waals surface area contributed by atoms with Crippen molar-refractivity contribution in [1.29, 1.82) is 0 Å². The molecule has 0 bridgehead atoms. The van der Waals surface area contributed by atoms with E-state index in [9.17, 15) is 14.4 Å². The third-order valence-electron chi connectivity index (χ3n) is 3.03. The molecule has 1 heterocycles. The number of hydrogen-bond donors (Lipinski definition) is 2. The molecule has 0 aliphatic carbocycles. The number of nitrogens with zero attached hydrogens (tertiary/aromatic N) is 1. The number of carbonyl (C=O) groups is 3. The van der Waals surface area contributed by atoms with Crippen molar-refractivity contribution in [3.8, 4) is 5.75 Å². The molecule has 1 aliphatic heterocycles. The number of carbonyl (C=O) groups excluding carboxylic acids is 2. The fourth-order valence-corrected chi connectivity index (χ4v) is 2.01. The molecule has 1 aromatic rings. The Kier molecular flexibility index (Phi) is 4.76. The normalized spacial score (nSPS) is 13.3. The first kappa shape index (κ1) is 14.8. The summed E-state index contributed by atoms with van der Waals surface area (Å²) in [5.74, 6) is -0.837. The van der Waals surface area contributed by atoms with Crippen LogP contribution in [0.2, 0.25) is 0 Å². The van der Waals surface area contributed by atoms with Crippen LogP contribution in [0.15, 0.2) is 24.3 Å². The molecule has 7 nitrogen and oxygen atoms in total. The fraction of sp³-hybridized carbons (Fsp3) is 0.357. The Morgan fingerprint density at radius 2 is 2.05 bits per heavy atom. The number of ether oxygens (including phenoxy) is 1. The molecule has 0 radical (unpaired) electrons. The van der Waals surface area contributed by atoms with Gasteiger partial charge in [0, 0.05) is 19.5 Å². The number of fused-ring (bicyclic) bond motifs is 1. The Hall–Kier alpha value is -2.57. The lowest BCUT2D eigenvalue weighted by molar-refractivity contribution is -0.137. The van der Waals surface area contributed by atoms with Gasteiger partial charge in [-0.2, -0.15) is 0 Å². The first-order valence-electron chi connectivity index (χ1n) is 6.58. The summed E-state index contributed by atoms with van der Waals surface area (Å²) in [6.45, 7) is 0.275. The van der Waals surface area contributed by atoms with Gasteiger partial charge in [-0.25, -0.2) is 0 Å². The molecule has 0 fully saturated rings. The van der Waals surface area contributed by atoms with E-state index in [1.807, 2.05) is 6.07 Å². The highest BCUT2D eigenvalue weighted by Gasteiger charge is 2.25. The Morgan fingerprint density at radius 1 is 1.29 bits per heavy atom. The summed E-state index contributed by atoms with van der Waals surface area (Å²) >= 11 is 0. The lowest BCUT2D eigenvalue weighted by Gasteiger charge is -2.29.